The summed E-state index contributed by atoms with van der Waals surface area (Å²) in [6, 6.07) is 13.8. The van der Waals surface area contributed by atoms with Crippen molar-refractivity contribution in [1.82, 2.24) is 4.98 Å². The molecule has 6 nitrogen and oxygen atoms in total. The van der Waals surface area contributed by atoms with E-state index in [1.54, 1.807) is 36.5 Å². The van der Waals surface area contributed by atoms with Crippen LogP contribution in [0.4, 0.5) is 5.69 Å². The van der Waals surface area contributed by atoms with Crippen LogP contribution in [-0.2, 0) is 0 Å². The highest BCUT2D eigenvalue weighted by Crippen LogP contribution is 2.25. The molecule has 0 aliphatic rings. The molecule has 3 N–H and O–H groups in total. The van der Waals surface area contributed by atoms with Crippen molar-refractivity contribution >= 4 is 28.4 Å². The number of rotatable bonds is 5. The number of ether oxygens (including phenoxy) is 1. The van der Waals surface area contributed by atoms with Crippen LogP contribution in [-0.4, -0.2) is 22.9 Å². The number of fused-ring (bicyclic) bond motifs is 1. The Morgan fingerprint density at radius 3 is 2.62 bits per heavy atom. The second kappa shape index (κ2) is 7.23. The first-order chi connectivity index (χ1) is 12.5. The monoisotopic (exact) mass is 349 g/mol. The lowest BCUT2D eigenvalue weighted by molar-refractivity contribution is 0.0991. The smallest absolute Gasteiger partial charge is 0.256 e. The van der Waals surface area contributed by atoms with E-state index in [9.17, 15) is 9.59 Å². The van der Waals surface area contributed by atoms with Crippen molar-refractivity contribution < 1.29 is 14.3 Å². The molecule has 0 bridgehead atoms. The average Bonchev–Trinajstić information content (AvgIpc) is 2.61. The molecular formula is C20H19N3O3. The number of pyridine rings is 1. The first-order valence-corrected chi connectivity index (χ1v) is 8.21. The molecule has 0 spiro atoms. The summed E-state index contributed by atoms with van der Waals surface area (Å²) in [6.45, 7) is 3.71. The molecule has 2 aromatic carbocycles. The molecule has 0 aliphatic heterocycles. The van der Waals surface area contributed by atoms with Crippen LogP contribution in [0, 0.1) is 0 Å². The van der Waals surface area contributed by atoms with Gasteiger partial charge in [-0.3, -0.25) is 14.6 Å². The number of benzene rings is 2. The number of hydrogen-bond acceptors (Lipinski definition) is 4. The molecule has 0 saturated heterocycles. The van der Waals surface area contributed by atoms with Gasteiger partial charge in [0.2, 0.25) is 0 Å². The number of amides is 2. The molecule has 26 heavy (non-hydrogen) atoms. The van der Waals surface area contributed by atoms with Gasteiger partial charge >= 0.3 is 0 Å². The third-order valence-corrected chi connectivity index (χ3v) is 3.76. The Labute approximate surface area is 151 Å². The average molecular weight is 349 g/mol. The summed E-state index contributed by atoms with van der Waals surface area (Å²) < 4.78 is 5.59. The zero-order chi connectivity index (χ0) is 18.7. The molecule has 0 aliphatic carbocycles. The van der Waals surface area contributed by atoms with E-state index in [0.29, 0.717) is 17.0 Å². The highest BCUT2D eigenvalue weighted by molar-refractivity contribution is 6.12. The van der Waals surface area contributed by atoms with Crippen molar-refractivity contribution in [2.75, 3.05) is 5.32 Å². The van der Waals surface area contributed by atoms with Gasteiger partial charge in [-0.05, 0) is 50.2 Å². The van der Waals surface area contributed by atoms with Gasteiger partial charge in [-0.1, -0.05) is 12.1 Å². The molecule has 0 radical (unpaired) electrons. The van der Waals surface area contributed by atoms with Gasteiger partial charge in [-0.25, -0.2) is 0 Å². The third-order valence-electron chi connectivity index (χ3n) is 3.76. The third kappa shape index (κ3) is 3.64. The summed E-state index contributed by atoms with van der Waals surface area (Å²) in [7, 11) is 0. The van der Waals surface area contributed by atoms with Gasteiger partial charge in [0, 0.05) is 22.8 Å². The Bertz CT molecular complexity index is 978. The summed E-state index contributed by atoms with van der Waals surface area (Å²) >= 11 is 0. The van der Waals surface area contributed by atoms with Crippen LogP contribution in [0.2, 0.25) is 0 Å². The standard InChI is InChI=1S/C20H19N3O3/c1-12(2)26-18-9-8-13(11-16(18)19(21)24)23-20(25)15-5-3-7-17-14(15)6-4-10-22-17/h3-12H,1-2H3,(H2,21,24)(H,23,25). The number of aromatic nitrogens is 1. The molecular weight excluding hydrogens is 330 g/mol. The van der Waals surface area contributed by atoms with Gasteiger partial charge in [0.25, 0.3) is 11.8 Å². The summed E-state index contributed by atoms with van der Waals surface area (Å²) in [5, 5.41) is 3.55. The van der Waals surface area contributed by atoms with E-state index >= 15 is 0 Å². The Morgan fingerprint density at radius 2 is 1.88 bits per heavy atom. The molecule has 1 heterocycles. The van der Waals surface area contributed by atoms with Crippen molar-refractivity contribution in [3.63, 3.8) is 0 Å². The fourth-order valence-corrected chi connectivity index (χ4v) is 2.66. The fraction of sp³-hybridized carbons (Fsp3) is 0.150. The number of anilines is 1. The van der Waals surface area contributed by atoms with Crippen molar-refractivity contribution in [2.45, 2.75) is 20.0 Å². The Kier molecular flexibility index (Phi) is 4.84. The maximum atomic E-state index is 12.7. The minimum Gasteiger partial charge on any atom is -0.490 e. The van der Waals surface area contributed by atoms with Gasteiger partial charge in [0.1, 0.15) is 5.75 Å². The van der Waals surface area contributed by atoms with E-state index in [1.165, 1.54) is 6.07 Å². The largest absolute Gasteiger partial charge is 0.490 e. The molecule has 0 atom stereocenters. The number of carbonyl (C=O) groups excluding carboxylic acids is 2. The SMILES string of the molecule is CC(C)Oc1ccc(NC(=O)c2cccc3ncccc23)cc1C(N)=O. The molecule has 3 rings (SSSR count). The van der Waals surface area contributed by atoms with Crippen LogP contribution < -0.4 is 15.8 Å². The highest BCUT2D eigenvalue weighted by atomic mass is 16.5. The van der Waals surface area contributed by atoms with Crippen LogP contribution in [0.3, 0.4) is 0 Å². The zero-order valence-electron chi connectivity index (χ0n) is 14.5. The lowest BCUT2D eigenvalue weighted by Crippen LogP contribution is -2.17. The van der Waals surface area contributed by atoms with E-state index in [2.05, 4.69) is 10.3 Å². The second-order valence-electron chi connectivity index (χ2n) is 6.07. The number of hydrogen-bond donors (Lipinski definition) is 2. The first-order valence-electron chi connectivity index (χ1n) is 8.21. The predicted molar refractivity (Wildman–Crippen MR) is 100 cm³/mol. The maximum Gasteiger partial charge on any atom is 0.256 e. The minimum absolute atomic E-state index is 0.100. The number of primary amides is 1. The van der Waals surface area contributed by atoms with Crippen molar-refractivity contribution in [2.24, 2.45) is 5.73 Å². The van der Waals surface area contributed by atoms with E-state index in [4.69, 9.17) is 10.5 Å². The number of nitrogens with two attached hydrogens (primary N) is 1. The van der Waals surface area contributed by atoms with E-state index in [0.717, 1.165) is 10.9 Å². The Balaban J connectivity index is 1.92. The normalized spacial score (nSPS) is 10.7. The number of nitrogens with one attached hydrogen (secondary N) is 1. The molecule has 0 fully saturated rings. The van der Waals surface area contributed by atoms with Gasteiger partial charge in [-0.2, -0.15) is 0 Å². The molecule has 1 aromatic heterocycles. The van der Waals surface area contributed by atoms with Gasteiger partial charge in [0.05, 0.1) is 17.2 Å². The lowest BCUT2D eigenvalue weighted by Gasteiger charge is -2.14. The van der Waals surface area contributed by atoms with Gasteiger partial charge < -0.3 is 15.8 Å². The van der Waals surface area contributed by atoms with Crippen LogP contribution >= 0.6 is 0 Å². The Hall–Kier alpha value is -3.41. The van der Waals surface area contributed by atoms with Crippen LogP contribution in [0.5, 0.6) is 5.75 Å². The first kappa shape index (κ1) is 17.4. The highest BCUT2D eigenvalue weighted by Gasteiger charge is 2.15. The van der Waals surface area contributed by atoms with Crippen molar-refractivity contribution in [3.05, 3.63) is 65.9 Å². The van der Waals surface area contributed by atoms with Gasteiger partial charge in [0.15, 0.2) is 0 Å². The molecule has 132 valence electrons. The summed E-state index contributed by atoms with van der Waals surface area (Å²) in [6.07, 6.45) is 1.58. The number of carbonyl (C=O) groups is 2. The molecule has 6 heteroatoms. The van der Waals surface area contributed by atoms with E-state index in [-0.39, 0.29) is 17.6 Å². The van der Waals surface area contributed by atoms with Crippen molar-refractivity contribution in [3.8, 4) is 5.75 Å². The topological polar surface area (TPSA) is 94.3 Å². The lowest BCUT2D eigenvalue weighted by atomic mass is 10.1. The van der Waals surface area contributed by atoms with Crippen LogP contribution in [0.25, 0.3) is 10.9 Å². The number of nitrogens with zero attached hydrogens (tertiary/aromatic N) is 1. The summed E-state index contributed by atoms with van der Waals surface area (Å²) in [5.74, 6) is -0.525. The predicted octanol–water partition coefficient (Wildman–Crippen LogP) is 3.37. The zero-order valence-corrected chi connectivity index (χ0v) is 14.5. The minimum atomic E-state index is -0.619. The van der Waals surface area contributed by atoms with Gasteiger partial charge in [-0.15, -0.1) is 0 Å². The molecule has 0 unspecified atom stereocenters. The van der Waals surface area contributed by atoms with Crippen molar-refractivity contribution in [1.29, 1.82) is 0 Å². The molecule has 0 saturated carbocycles. The molecule has 2 amide bonds. The molecule has 3 aromatic rings. The second-order valence-corrected chi connectivity index (χ2v) is 6.07. The summed E-state index contributed by atoms with van der Waals surface area (Å²) in [5.41, 5.74) is 7.35. The van der Waals surface area contributed by atoms with E-state index < -0.39 is 5.91 Å². The summed E-state index contributed by atoms with van der Waals surface area (Å²) in [4.78, 5) is 28.6. The fourth-order valence-electron chi connectivity index (χ4n) is 2.66. The maximum absolute atomic E-state index is 12.7. The van der Waals surface area contributed by atoms with Crippen LogP contribution in [0.1, 0.15) is 34.6 Å². The quantitative estimate of drug-likeness (QED) is 0.738. The Morgan fingerprint density at radius 1 is 1.08 bits per heavy atom. The van der Waals surface area contributed by atoms with Crippen LogP contribution in [0.15, 0.2) is 54.7 Å². The van der Waals surface area contributed by atoms with E-state index in [1.807, 2.05) is 26.0 Å².